The molecule has 2 aliphatic rings. The largest absolute Gasteiger partial charge is 0.494 e. The minimum Gasteiger partial charge on any atom is -0.494 e. The molecule has 33 heavy (non-hydrogen) atoms. The molecule has 0 spiro atoms. The van der Waals surface area contributed by atoms with Crippen molar-refractivity contribution >= 4 is 17.2 Å². The highest BCUT2D eigenvalue weighted by atomic mass is 32.1. The second-order valence-corrected chi connectivity index (χ2v) is 9.47. The van der Waals surface area contributed by atoms with Gasteiger partial charge in [-0.15, -0.1) is 11.3 Å². The number of thiophene rings is 1. The van der Waals surface area contributed by atoms with Crippen LogP contribution in [0.2, 0.25) is 0 Å². The quantitative estimate of drug-likeness (QED) is 0.592. The summed E-state index contributed by atoms with van der Waals surface area (Å²) in [6.45, 7) is 0. The van der Waals surface area contributed by atoms with E-state index in [4.69, 9.17) is 15.7 Å². The number of hydrogen-bond donors (Lipinski definition) is 1. The number of halogens is 2. The Morgan fingerprint density at radius 3 is 2.52 bits per heavy atom. The molecule has 168 valence electrons. The summed E-state index contributed by atoms with van der Waals surface area (Å²) in [6, 6.07) is 12.6. The Labute approximate surface area is 194 Å². The zero-order valence-corrected chi connectivity index (χ0v) is 18.7. The van der Waals surface area contributed by atoms with Crippen molar-refractivity contribution in [2.75, 3.05) is 7.11 Å². The molecule has 3 atom stereocenters. The molecule has 2 bridgehead atoms. The van der Waals surface area contributed by atoms with Gasteiger partial charge < -0.3 is 15.4 Å². The van der Waals surface area contributed by atoms with E-state index in [1.54, 1.807) is 18.2 Å². The third-order valence-electron chi connectivity index (χ3n) is 6.58. The van der Waals surface area contributed by atoms with Gasteiger partial charge in [-0.05, 0) is 66.8 Å². The molecule has 1 amide bonds. The van der Waals surface area contributed by atoms with Gasteiger partial charge in [-0.2, -0.15) is 5.26 Å². The van der Waals surface area contributed by atoms with Crippen molar-refractivity contribution in [3.8, 4) is 33.4 Å². The van der Waals surface area contributed by atoms with E-state index in [2.05, 4.69) is 0 Å². The van der Waals surface area contributed by atoms with E-state index in [1.807, 2.05) is 11.0 Å². The van der Waals surface area contributed by atoms with Crippen LogP contribution < -0.4 is 10.5 Å². The fraction of sp³-hybridized carbons (Fsp3) is 0.280. The van der Waals surface area contributed by atoms with Gasteiger partial charge in [-0.25, -0.2) is 8.78 Å². The highest BCUT2D eigenvalue weighted by Crippen LogP contribution is 2.44. The molecule has 2 fully saturated rings. The number of hydrogen-bond acceptors (Lipinski definition) is 5. The van der Waals surface area contributed by atoms with Crippen molar-refractivity contribution in [3.63, 3.8) is 0 Å². The number of rotatable bonds is 4. The number of carbonyl (C=O) groups is 1. The Balaban J connectivity index is 1.62. The maximum atomic E-state index is 14.5. The first-order valence-electron chi connectivity index (χ1n) is 10.7. The predicted molar refractivity (Wildman–Crippen MR) is 122 cm³/mol. The van der Waals surface area contributed by atoms with Crippen LogP contribution in [0.3, 0.4) is 0 Å². The van der Waals surface area contributed by atoms with Gasteiger partial charge in [0.1, 0.15) is 11.9 Å². The first-order valence-corrected chi connectivity index (χ1v) is 11.5. The van der Waals surface area contributed by atoms with Crippen LogP contribution in [0, 0.1) is 23.0 Å². The van der Waals surface area contributed by atoms with Crippen LogP contribution in [0.4, 0.5) is 8.78 Å². The third kappa shape index (κ3) is 3.58. The second-order valence-electron chi connectivity index (χ2n) is 8.42. The van der Waals surface area contributed by atoms with Gasteiger partial charge in [0.25, 0.3) is 5.91 Å². The molecule has 0 radical (unpaired) electrons. The van der Waals surface area contributed by atoms with Crippen molar-refractivity contribution in [1.82, 2.24) is 4.90 Å². The van der Waals surface area contributed by atoms with Crippen LogP contribution in [-0.2, 0) is 0 Å². The monoisotopic (exact) mass is 465 g/mol. The lowest BCUT2D eigenvalue weighted by atomic mass is 9.97. The fourth-order valence-corrected chi connectivity index (χ4v) is 6.11. The number of nitrogens with two attached hydrogens (primary N) is 1. The molecule has 2 aliphatic heterocycles. The van der Waals surface area contributed by atoms with Crippen LogP contribution >= 0.6 is 11.3 Å². The van der Waals surface area contributed by atoms with Crippen molar-refractivity contribution in [2.24, 2.45) is 5.73 Å². The molecule has 2 aromatic carbocycles. The number of ether oxygens (including phenoxy) is 1. The predicted octanol–water partition coefficient (Wildman–Crippen LogP) is 4.94. The fourth-order valence-electron chi connectivity index (χ4n) is 4.99. The lowest BCUT2D eigenvalue weighted by Gasteiger charge is -2.22. The minimum absolute atomic E-state index is 0.0186. The van der Waals surface area contributed by atoms with Gasteiger partial charge in [0, 0.05) is 28.6 Å². The first kappa shape index (κ1) is 21.6. The number of amides is 1. The number of nitrogens with zero attached hydrogens (tertiary/aromatic N) is 2. The molecular weight excluding hydrogens is 444 g/mol. The highest BCUT2D eigenvalue weighted by Gasteiger charge is 2.47. The summed E-state index contributed by atoms with van der Waals surface area (Å²) >= 11 is 1.25. The van der Waals surface area contributed by atoms with Gasteiger partial charge in [0.15, 0.2) is 11.6 Å². The lowest BCUT2D eigenvalue weighted by molar-refractivity contribution is 0.0731. The SMILES string of the molecule is COc1ccc(-c2sc(C(=O)N3C4CCC3C(N)C4)cc2-c2ccc(C#N)c(F)c2)cc1F. The minimum atomic E-state index is -0.649. The summed E-state index contributed by atoms with van der Waals surface area (Å²) < 4.78 is 33.9. The molecule has 1 aromatic heterocycles. The first-order chi connectivity index (χ1) is 15.9. The second kappa shape index (κ2) is 8.25. The highest BCUT2D eigenvalue weighted by molar-refractivity contribution is 7.18. The average molecular weight is 466 g/mol. The van der Waals surface area contributed by atoms with E-state index in [0.717, 1.165) is 19.3 Å². The van der Waals surface area contributed by atoms with E-state index in [0.29, 0.717) is 26.4 Å². The number of fused-ring (bicyclic) bond motifs is 2. The van der Waals surface area contributed by atoms with Crippen LogP contribution in [0.5, 0.6) is 5.75 Å². The number of methoxy groups -OCH3 is 1. The topological polar surface area (TPSA) is 79.3 Å². The van der Waals surface area contributed by atoms with Crippen molar-refractivity contribution in [2.45, 2.75) is 37.4 Å². The van der Waals surface area contributed by atoms with E-state index in [1.165, 1.54) is 42.7 Å². The Kier molecular flexibility index (Phi) is 5.39. The molecule has 0 aliphatic carbocycles. The number of carbonyl (C=O) groups excluding carboxylic acids is 1. The average Bonchev–Trinajstić information content (AvgIpc) is 3.51. The molecule has 5 nitrogen and oxygen atoms in total. The van der Waals surface area contributed by atoms with E-state index in [-0.39, 0.29) is 35.3 Å². The van der Waals surface area contributed by atoms with Crippen molar-refractivity contribution in [3.05, 3.63) is 64.5 Å². The van der Waals surface area contributed by atoms with E-state index in [9.17, 15) is 13.6 Å². The van der Waals surface area contributed by atoms with Crippen LogP contribution in [0.1, 0.15) is 34.5 Å². The molecule has 5 rings (SSSR count). The zero-order valence-electron chi connectivity index (χ0n) is 17.8. The van der Waals surface area contributed by atoms with Crippen LogP contribution in [0.15, 0.2) is 42.5 Å². The summed E-state index contributed by atoms with van der Waals surface area (Å²) in [4.78, 5) is 16.5. The molecule has 2 saturated heterocycles. The Bertz CT molecular complexity index is 1300. The van der Waals surface area contributed by atoms with E-state index < -0.39 is 11.6 Å². The molecule has 3 heterocycles. The van der Waals surface area contributed by atoms with Gasteiger partial charge in [-0.1, -0.05) is 6.07 Å². The molecule has 3 unspecified atom stereocenters. The van der Waals surface area contributed by atoms with Crippen molar-refractivity contribution < 1.29 is 18.3 Å². The Morgan fingerprint density at radius 2 is 1.91 bits per heavy atom. The summed E-state index contributed by atoms with van der Waals surface area (Å²) in [6.07, 6.45) is 2.64. The summed E-state index contributed by atoms with van der Waals surface area (Å²) in [7, 11) is 1.39. The standard InChI is InChI=1S/C25H21F2N3O2S/c1-32-22-7-4-14(9-19(22)27)24-17(13-2-3-15(12-28)18(26)8-13)11-23(33-24)25(31)30-16-5-6-21(30)20(29)10-16/h2-4,7-9,11,16,20-21H,5-6,10,29H2,1H3. The zero-order chi connectivity index (χ0) is 23.3. The molecular formula is C25H21F2N3O2S. The maximum Gasteiger partial charge on any atom is 0.264 e. The Hall–Kier alpha value is -3.28. The van der Waals surface area contributed by atoms with Crippen molar-refractivity contribution in [1.29, 1.82) is 5.26 Å². The van der Waals surface area contributed by atoms with Gasteiger partial charge in [0.05, 0.1) is 17.6 Å². The summed E-state index contributed by atoms with van der Waals surface area (Å²) in [5, 5.41) is 9.07. The summed E-state index contributed by atoms with van der Waals surface area (Å²) in [5.74, 6) is -1.17. The number of benzene rings is 2. The summed E-state index contributed by atoms with van der Waals surface area (Å²) in [5.41, 5.74) is 7.82. The third-order valence-corrected chi connectivity index (χ3v) is 7.75. The molecule has 2 N–H and O–H groups in total. The van der Waals surface area contributed by atoms with E-state index >= 15 is 0 Å². The normalized spacial score (nSPS) is 21.3. The molecule has 3 aromatic rings. The smallest absolute Gasteiger partial charge is 0.264 e. The lowest BCUT2D eigenvalue weighted by Crippen LogP contribution is -2.40. The Morgan fingerprint density at radius 1 is 1.15 bits per heavy atom. The molecule has 0 saturated carbocycles. The maximum absolute atomic E-state index is 14.5. The van der Waals surface area contributed by atoms with Crippen LogP contribution in [-0.4, -0.2) is 36.0 Å². The molecule has 8 heteroatoms. The van der Waals surface area contributed by atoms with Gasteiger partial charge in [0.2, 0.25) is 0 Å². The van der Waals surface area contributed by atoms with Gasteiger partial charge >= 0.3 is 0 Å². The van der Waals surface area contributed by atoms with Crippen LogP contribution in [0.25, 0.3) is 21.6 Å². The number of nitriles is 1. The van der Waals surface area contributed by atoms with Gasteiger partial charge in [-0.3, -0.25) is 4.79 Å².